The minimum absolute atomic E-state index is 0.0761. The van der Waals surface area contributed by atoms with Gasteiger partial charge in [0, 0.05) is 19.5 Å². The number of carbonyl (C=O) groups excluding carboxylic acids is 2. The van der Waals surface area contributed by atoms with Gasteiger partial charge >= 0.3 is 0 Å². The summed E-state index contributed by atoms with van der Waals surface area (Å²) >= 11 is 0. The molecule has 3 aromatic rings. The number of hydrogen-bond donors (Lipinski definition) is 1. The molecule has 3 rings (SSSR count). The summed E-state index contributed by atoms with van der Waals surface area (Å²) in [6, 6.07) is 21.4. The predicted octanol–water partition coefficient (Wildman–Crippen LogP) is 4.46. The molecule has 0 spiro atoms. The van der Waals surface area contributed by atoms with Crippen LogP contribution in [0.15, 0.2) is 78.9 Å². The van der Waals surface area contributed by atoms with Gasteiger partial charge in [0.05, 0.1) is 11.9 Å². The number of halogens is 1. The quantitative estimate of drug-likeness (QED) is 0.317. The average molecular weight is 554 g/mol. The number of para-hydroxylation sites is 1. The summed E-state index contributed by atoms with van der Waals surface area (Å²) in [7, 11) is -4.02. The molecule has 0 heterocycles. The standard InChI is InChI=1S/C30H36FN3O4S/c1-4-5-19-32-30(36)28(20-24-11-7-6-8-12-24)33(21-25-17-15-23(2)16-18-25)29(35)22-34(39(3,37)38)27-14-10-9-13-26(27)31/h6-18,28H,4-5,19-22H2,1-3H3,(H,32,36). The monoisotopic (exact) mass is 553 g/mol. The zero-order valence-electron chi connectivity index (χ0n) is 22.6. The Morgan fingerprint density at radius 3 is 2.18 bits per heavy atom. The number of nitrogens with one attached hydrogen (secondary N) is 1. The first-order chi connectivity index (χ1) is 18.6. The molecule has 0 radical (unpaired) electrons. The van der Waals surface area contributed by atoms with Crippen LogP contribution in [0, 0.1) is 12.7 Å². The molecule has 9 heteroatoms. The van der Waals surface area contributed by atoms with Crippen LogP contribution in [0.4, 0.5) is 10.1 Å². The Morgan fingerprint density at radius 1 is 0.923 bits per heavy atom. The van der Waals surface area contributed by atoms with E-state index in [-0.39, 0.29) is 24.6 Å². The Morgan fingerprint density at radius 2 is 1.56 bits per heavy atom. The molecule has 39 heavy (non-hydrogen) atoms. The zero-order chi connectivity index (χ0) is 28.4. The van der Waals surface area contributed by atoms with Gasteiger partial charge in [-0.25, -0.2) is 12.8 Å². The van der Waals surface area contributed by atoms with E-state index in [0.29, 0.717) is 6.54 Å². The second kappa shape index (κ2) is 13.9. The van der Waals surface area contributed by atoms with E-state index in [1.54, 1.807) is 0 Å². The Bertz CT molecular complexity index is 1350. The van der Waals surface area contributed by atoms with Crippen molar-refractivity contribution in [3.63, 3.8) is 0 Å². The van der Waals surface area contributed by atoms with Gasteiger partial charge in [-0.05, 0) is 36.6 Å². The summed E-state index contributed by atoms with van der Waals surface area (Å²) in [5, 5.41) is 2.93. The number of aryl methyl sites for hydroxylation is 1. The number of unbranched alkanes of at least 4 members (excludes halogenated alkanes) is 1. The Kier molecular flexibility index (Phi) is 10.6. The van der Waals surface area contributed by atoms with E-state index in [2.05, 4.69) is 5.32 Å². The lowest BCUT2D eigenvalue weighted by Gasteiger charge is -2.33. The van der Waals surface area contributed by atoms with Gasteiger partial charge in [0.15, 0.2) is 0 Å². The maximum absolute atomic E-state index is 14.7. The minimum atomic E-state index is -4.02. The molecule has 0 fully saturated rings. The fourth-order valence-corrected chi connectivity index (χ4v) is 5.05. The van der Waals surface area contributed by atoms with E-state index in [1.807, 2.05) is 68.4 Å². The highest BCUT2D eigenvalue weighted by atomic mass is 32.2. The smallest absolute Gasteiger partial charge is 0.244 e. The Hall–Kier alpha value is -3.72. The third-order valence-electron chi connectivity index (χ3n) is 6.37. The highest BCUT2D eigenvalue weighted by molar-refractivity contribution is 7.92. The van der Waals surface area contributed by atoms with Crippen LogP contribution in [-0.4, -0.2) is 50.5 Å². The maximum Gasteiger partial charge on any atom is 0.244 e. The molecule has 0 saturated carbocycles. The lowest BCUT2D eigenvalue weighted by molar-refractivity contribution is -0.140. The lowest BCUT2D eigenvalue weighted by atomic mass is 10.0. The second-order valence-corrected chi connectivity index (χ2v) is 11.5. The molecule has 2 amide bonds. The molecule has 1 unspecified atom stereocenters. The third-order valence-corrected chi connectivity index (χ3v) is 7.50. The first-order valence-electron chi connectivity index (χ1n) is 13.0. The molecular weight excluding hydrogens is 517 g/mol. The summed E-state index contributed by atoms with van der Waals surface area (Å²) in [6.45, 7) is 3.84. The van der Waals surface area contributed by atoms with E-state index in [1.165, 1.54) is 23.1 Å². The fourth-order valence-electron chi connectivity index (χ4n) is 4.20. The first-order valence-corrected chi connectivity index (χ1v) is 14.8. The summed E-state index contributed by atoms with van der Waals surface area (Å²) < 4.78 is 40.8. The van der Waals surface area contributed by atoms with Crippen LogP contribution < -0.4 is 9.62 Å². The van der Waals surface area contributed by atoms with E-state index < -0.39 is 34.3 Å². The van der Waals surface area contributed by atoms with Crippen molar-refractivity contribution in [2.45, 2.75) is 45.7 Å². The number of nitrogens with zero attached hydrogens (tertiary/aromatic N) is 2. The predicted molar refractivity (Wildman–Crippen MR) is 152 cm³/mol. The molecule has 0 aliphatic carbocycles. The van der Waals surface area contributed by atoms with Crippen LogP contribution in [0.5, 0.6) is 0 Å². The largest absolute Gasteiger partial charge is 0.354 e. The van der Waals surface area contributed by atoms with Gasteiger partial charge in [-0.15, -0.1) is 0 Å². The number of rotatable bonds is 13. The van der Waals surface area contributed by atoms with Gasteiger partial charge < -0.3 is 10.2 Å². The molecule has 3 aromatic carbocycles. The number of carbonyl (C=O) groups is 2. The van der Waals surface area contributed by atoms with E-state index in [9.17, 15) is 22.4 Å². The van der Waals surface area contributed by atoms with E-state index >= 15 is 0 Å². The van der Waals surface area contributed by atoms with Crippen molar-refractivity contribution in [1.82, 2.24) is 10.2 Å². The summed E-state index contributed by atoms with van der Waals surface area (Å²) in [5.74, 6) is -1.71. The van der Waals surface area contributed by atoms with Gasteiger partial charge in [-0.3, -0.25) is 13.9 Å². The van der Waals surface area contributed by atoms with E-state index in [0.717, 1.165) is 46.2 Å². The third kappa shape index (κ3) is 8.64. The molecule has 0 aliphatic heterocycles. The highest BCUT2D eigenvalue weighted by Gasteiger charge is 2.33. The fraction of sp³-hybridized carbons (Fsp3) is 0.333. The van der Waals surface area contributed by atoms with Crippen LogP contribution in [0.1, 0.15) is 36.5 Å². The topological polar surface area (TPSA) is 86.8 Å². The van der Waals surface area contributed by atoms with Crippen LogP contribution in [0.25, 0.3) is 0 Å². The van der Waals surface area contributed by atoms with Crippen molar-refractivity contribution < 1.29 is 22.4 Å². The van der Waals surface area contributed by atoms with Crippen molar-refractivity contribution in [2.24, 2.45) is 0 Å². The van der Waals surface area contributed by atoms with Gasteiger partial charge in [-0.1, -0.05) is 85.6 Å². The summed E-state index contributed by atoms with van der Waals surface area (Å²) in [6.07, 6.45) is 2.83. The molecular formula is C30H36FN3O4S. The van der Waals surface area contributed by atoms with Gasteiger partial charge in [0.2, 0.25) is 21.8 Å². The molecule has 208 valence electrons. The van der Waals surface area contributed by atoms with Crippen molar-refractivity contribution in [3.05, 3.63) is 101 Å². The number of anilines is 1. The number of benzene rings is 3. The second-order valence-electron chi connectivity index (χ2n) is 9.58. The van der Waals surface area contributed by atoms with Crippen molar-refractivity contribution in [2.75, 3.05) is 23.7 Å². The molecule has 0 bridgehead atoms. The van der Waals surface area contributed by atoms with Gasteiger partial charge in [0.1, 0.15) is 18.4 Å². The minimum Gasteiger partial charge on any atom is -0.354 e. The normalized spacial score (nSPS) is 12.0. The highest BCUT2D eigenvalue weighted by Crippen LogP contribution is 2.23. The number of sulfonamides is 1. The van der Waals surface area contributed by atoms with Crippen LogP contribution in [-0.2, 0) is 32.6 Å². The maximum atomic E-state index is 14.7. The van der Waals surface area contributed by atoms with Crippen LogP contribution in [0.2, 0.25) is 0 Å². The number of hydrogen-bond acceptors (Lipinski definition) is 4. The van der Waals surface area contributed by atoms with Crippen LogP contribution in [0.3, 0.4) is 0 Å². The molecule has 7 nitrogen and oxygen atoms in total. The number of amides is 2. The van der Waals surface area contributed by atoms with Crippen LogP contribution >= 0.6 is 0 Å². The van der Waals surface area contributed by atoms with Crippen molar-refractivity contribution in [1.29, 1.82) is 0 Å². The molecule has 0 aromatic heterocycles. The lowest BCUT2D eigenvalue weighted by Crippen LogP contribution is -2.53. The Labute approximate surface area is 230 Å². The van der Waals surface area contributed by atoms with E-state index in [4.69, 9.17) is 0 Å². The average Bonchev–Trinajstić information content (AvgIpc) is 2.91. The molecule has 0 aliphatic rings. The van der Waals surface area contributed by atoms with Crippen molar-refractivity contribution in [3.8, 4) is 0 Å². The van der Waals surface area contributed by atoms with Crippen molar-refractivity contribution >= 4 is 27.5 Å². The Balaban J connectivity index is 2.03. The summed E-state index contributed by atoms with van der Waals surface area (Å²) in [5.41, 5.74) is 2.45. The molecule has 1 atom stereocenters. The first kappa shape index (κ1) is 29.8. The SMILES string of the molecule is CCCCNC(=O)C(Cc1ccccc1)N(Cc1ccc(C)cc1)C(=O)CN(c1ccccc1F)S(C)(=O)=O. The van der Waals surface area contributed by atoms with Gasteiger partial charge in [0.25, 0.3) is 0 Å². The molecule has 0 saturated heterocycles. The molecule has 1 N–H and O–H groups in total. The summed E-state index contributed by atoms with van der Waals surface area (Å²) in [4.78, 5) is 28.9. The van der Waals surface area contributed by atoms with Gasteiger partial charge in [-0.2, -0.15) is 0 Å². The zero-order valence-corrected chi connectivity index (χ0v) is 23.5.